The molecule has 1 atom stereocenters. The summed E-state index contributed by atoms with van der Waals surface area (Å²) in [6.45, 7) is 2.14. The van der Waals surface area contributed by atoms with Gasteiger partial charge < -0.3 is 20.1 Å². The molecular weight excluding hydrogens is 404 g/mol. The summed E-state index contributed by atoms with van der Waals surface area (Å²) in [5.41, 5.74) is 2.54. The summed E-state index contributed by atoms with van der Waals surface area (Å²) >= 11 is 0. The Morgan fingerprint density at radius 1 is 0.938 bits per heavy atom. The number of carbonyl (C=O) groups excluding carboxylic acids is 1. The van der Waals surface area contributed by atoms with Crippen LogP contribution in [0.2, 0.25) is 0 Å². The standard InChI is InChI=1S/C25H26N4O3/c30-25(19-8-3-1-4-9-19)32-21(18-31-20-10-5-2-6-11-20)16-26-14-15-27-23-12-7-13-24-22(23)17-28-29-24/h1-13,17,21,26-27H,14-16,18H2,(H,28,29). The van der Waals surface area contributed by atoms with Gasteiger partial charge in [-0.15, -0.1) is 0 Å². The van der Waals surface area contributed by atoms with Gasteiger partial charge in [0.2, 0.25) is 0 Å². The third-order valence-electron chi connectivity index (χ3n) is 4.94. The van der Waals surface area contributed by atoms with E-state index in [-0.39, 0.29) is 12.6 Å². The van der Waals surface area contributed by atoms with Crippen LogP contribution in [0.4, 0.5) is 5.69 Å². The van der Waals surface area contributed by atoms with Crippen molar-refractivity contribution in [3.8, 4) is 5.75 Å². The Morgan fingerprint density at radius 2 is 1.72 bits per heavy atom. The van der Waals surface area contributed by atoms with Gasteiger partial charge in [0.05, 0.1) is 17.3 Å². The molecule has 4 aromatic rings. The topological polar surface area (TPSA) is 88.3 Å². The fourth-order valence-corrected chi connectivity index (χ4v) is 3.31. The number of esters is 1. The normalized spacial score (nSPS) is 11.8. The number of benzene rings is 3. The van der Waals surface area contributed by atoms with Gasteiger partial charge in [0, 0.05) is 30.7 Å². The first kappa shape index (κ1) is 21.4. The van der Waals surface area contributed by atoms with Crippen LogP contribution < -0.4 is 15.4 Å². The number of aromatic amines is 1. The van der Waals surface area contributed by atoms with Crippen LogP contribution in [0.3, 0.4) is 0 Å². The van der Waals surface area contributed by atoms with Crippen LogP contribution in [0.15, 0.2) is 85.1 Å². The molecule has 1 unspecified atom stereocenters. The van der Waals surface area contributed by atoms with Gasteiger partial charge in [0.15, 0.2) is 0 Å². The molecule has 4 rings (SSSR count). The molecule has 164 valence electrons. The molecule has 1 heterocycles. The van der Waals surface area contributed by atoms with E-state index in [1.165, 1.54) is 0 Å². The van der Waals surface area contributed by atoms with Crippen LogP contribution in [-0.2, 0) is 4.74 Å². The fraction of sp³-hybridized carbons (Fsp3) is 0.200. The van der Waals surface area contributed by atoms with Crippen molar-refractivity contribution in [3.63, 3.8) is 0 Å². The van der Waals surface area contributed by atoms with Gasteiger partial charge in [-0.3, -0.25) is 5.10 Å². The first-order valence-corrected chi connectivity index (χ1v) is 10.6. The fourth-order valence-electron chi connectivity index (χ4n) is 3.31. The second-order valence-corrected chi connectivity index (χ2v) is 7.29. The van der Waals surface area contributed by atoms with E-state index in [2.05, 4.69) is 20.8 Å². The Labute approximate surface area is 186 Å². The maximum absolute atomic E-state index is 12.5. The average molecular weight is 431 g/mol. The lowest BCUT2D eigenvalue weighted by molar-refractivity contribution is 0.0179. The zero-order valence-corrected chi connectivity index (χ0v) is 17.7. The highest BCUT2D eigenvalue weighted by atomic mass is 16.6. The van der Waals surface area contributed by atoms with Gasteiger partial charge in [-0.2, -0.15) is 5.10 Å². The van der Waals surface area contributed by atoms with E-state index >= 15 is 0 Å². The largest absolute Gasteiger partial charge is 0.490 e. The average Bonchev–Trinajstić information content (AvgIpc) is 3.33. The smallest absolute Gasteiger partial charge is 0.338 e. The maximum atomic E-state index is 12.5. The van der Waals surface area contributed by atoms with Crippen LogP contribution in [0.25, 0.3) is 10.9 Å². The summed E-state index contributed by atoms with van der Waals surface area (Å²) in [5, 5.41) is 14.9. The number of hydrogen-bond donors (Lipinski definition) is 3. The van der Waals surface area contributed by atoms with Crippen LogP contribution in [0.1, 0.15) is 10.4 Å². The highest BCUT2D eigenvalue weighted by Gasteiger charge is 2.17. The van der Waals surface area contributed by atoms with E-state index in [4.69, 9.17) is 9.47 Å². The number of aromatic nitrogens is 2. The minimum atomic E-state index is -0.430. The molecule has 0 fully saturated rings. The molecule has 0 radical (unpaired) electrons. The number of nitrogens with one attached hydrogen (secondary N) is 3. The molecule has 3 aromatic carbocycles. The van der Waals surface area contributed by atoms with Crippen molar-refractivity contribution in [1.29, 1.82) is 0 Å². The number of ether oxygens (including phenoxy) is 2. The van der Waals surface area contributed by atoms with E-state index in [0.717, 1.165) is 22.3 Å². The van der Waals surface area contributed by atoms with Crippen molar-refractivity contribution in [2.24, 2.45) is 0 Å². The molecule has 0 saturated heterocycles. The van der Waals surface area contributed by atoms with Gasteiger partial charge in [0.1, 0.15) is 18.5 Å². The number of nitrogens with zero attached hydrogens (tertiary/aromatic N) is 1. The predicted octanol–water partition coefficient (Wildman–Crippen LogP) is 3.87. The summed E-state index contributed by atoms with van der Waals surface area (Å²) in [7, 11) is 0. The number of H-pyrrole nitrogens is 1. The minimum Gasteiger partial charge on any atom is -0.490 e. The summed E-state index contributed by atoms with van der Waals surface area (Å²) in [4.78, 5) is 12.5. The number of rotatable bonds is 11. The number of fused-ring (bicyclic) bond motifs is 1. The summed E-state index contributed by atoms with van der Waals surface area (Å²) in [5.74, 6) is 0.377. The second-order valence-electron chi connectivity index (χ2n) is 7.29. The van der Waals surface area contributed by atoms with Crippen molar-refractivity contribution in [3.05, 3.63) is 90.6 Å². The van der Waals surface area contributed by atoms with Gasteiger partial charge in [-0.1, -0.05) is 42.5 Å². The lowest BCUT2D eigenvalue weighted by Gasteiger charge is -2.19. The third-order valence-corrected chi connectivity index (χ3v) is 4.94. The van der Waals surface area contributed by atoms with Gasteiger partial charge in [-0.05, 0) is 36.4 Å². The number of carbonyl (C=O) groups is 1. The first-order valence-electron chi connectivity index (χ1n) is 10.6. The van der Waals surface area contributed by atoms with E-state index in [9.17, 15) is 4.79 Å². The van der Waals surface area contributed by atoms with E-state index < -0.39 is 6.10 Å². The Morgan fingerprint density at radius 3 is 2.53 bits per heavy atom. The van der Waals surface area contributed by atoms with E-state index in [1.807, 2.05) is 72.9 Å². The molecule has 0 aliphatic rings. The molecule has 7 heteroatoms. The Hall–Kier alpha value is -3.84. The molecule has 1 aromatic heterocycles. The number of anilines is 1. The molecule has 0 saturated carbocycles. The summed E-state index contributed by atoms with van der Waals surface area (Å²) in [6, 6.07) is 24.5. The molecule has 0 spiro atoms. The quantitative estimate of drug-likeness (QED) is 0.247. The third kappa shape index (κ3) is 5.86. The molecule has 0 bridgehead atoms. The maximum Gasteiger partial charge on any atom is 0.338 e. The lowest BCUT2D eigenvalue weighted by Crippen LogP contribution is -2.37. The van der Waals surface area contributed by atoms with Crippen LogP contribution >= 0.6 is 0 Å². The second kappa shape index (κ2) is 11.0. The van der Waals surface area contributed by atoms with Crippen LogP contribution in [0, 0.1) is 0 Å². The van der Waals surface area contributed by atoms with Crippen molar-refractivity contribution < 1.29 is 14.3 Å². The van der Waals surface area contributed by atoms with Gasteiger partial charge in [-0.25, -0.2) is 4.79 Å². The zero-order valence-electron chi connectivity index (χ0n) is 17.7. The van der Waals surface area contributed by atoms with E-state index in [0.29, 0.717) is 25.2 Å². The lowest BCUT2D eigenvalue weighted by atomic mass is 10.2. The minimum absolute atomic E-state index is 0.261. The molecule has 7 nitrogen and oxygen atoms in total. The summed E-state index contributed by atoms with van der Waals surface area (Å²) < 4.78 is 11.5. The molecule has 0 aliphatic heterocycles. The number of para-hydroxylation sites is 1. The van der Waals surface area contributed by atoms with Crippen molar-refractivity contribution in [2.75, 3.05) is 31.6 Å². The van der Waals surface area contributed by atoms with Gasteiger partial charge >= 0.3 is 5.97 Å². The monoisotopic (exact) mass is 430 g/mol. The Kier molecular flexibility index (Phi) is 7.34. The molecule has 32 heavy (non-hydrogen) atoms. The molecule has 0 aliphatic carbocycles. The molecular formula is C25H26N4O3. The molecule has 0 amide bonds. The van der Waals surface area contributed by atoms with Crippen LogP contribution in [-0.4, -0.2) is 48.5 Å². The van der Waals surface area contributed by atoms with Crippen molar-refractivity contribution >= 4 is 22.6 Å². The van der Waals surface area contributed by atoms with E-state index in [1.54, 1.807) is 12.1 Å². The highest BCUT2D eigenvalue weighted by Crippen LogP contribution is 2.20. The Balaban J connectivity index is 1.29. The van der Waals surface area contributed by atoms with Crippen molar-refractivity contribution in [2.45, 2.75) is 6.10 Å². The SMILES string of the molecule is O=C(OC(CNCCNc1cccc2[nH]ncc12)COc1ccccc1)c1ccccc1. The summed E-state index contributed by atoms with van der Waals surface area (Å²) in [6.07, 6.45) is 1.38. The molecule has 3 N–H and O–H groups in total. The highest BCUT2D eigenvalue weighted by molar-refractivity contribution is 5.91. The Bertz CT molecular complexity index is 1120. The van der Waals surface area contributed by atoms with Crippen molar-refractivity contribution in [1.82, 2.24) is 15.5 Å². The first-order chi connectivity index (χ1) is 15.8. The van der Waals surface area contributed by atoms with Gasteiger partial charge in [0.25, 0.3) is 0 Å². The predicted molar refractivity (Wildman–Crippen MR) is 125 cm³/mol. The number of hydrogen-bond acceptors (Lipinski definition) is 6. The zero-order chi connectivity index (χ0) is 22.0. The van der Waals surface area contributed by atoms with Crippen LogP contribution in [0.5, 0.6) is 5.75 Å².